The zero-order valence-corrected chi connectivity index (χ0v) is 13.0. The largest absolute Gasteiger partial charge is 0.374 e. The smallest absolute Gasteiger partial charge is 0.0783 e. The minimum Gasteiger partial charge on any atom is -0.374 e. The number of nitrogens with two attached hydrogens (primary N) is 1. The molecule has 0 aliphatic carbocycles. The first-order valence-corrected chi connectivity index (χ1v) is 8.94. The van der Waals surface area contributed by atoms with Crippen LogP contribution in [0.15, 0.2) is 12.1 Å². The summed E-state index contributed by atoms with van der Waals surface area (Å²) in [4.78, 5) is 2.72. The van der Waals surface area contributed by atoms with Crippen molar-refractivity contribution in [1.82, 2.24) is 5.43 Å². The van der Waals surface area contributed by atoms with Crippen LogP contribution in [-0.2, 0) is 4.74 Å². The Kier molecular flexibility index (Phi) is 4.19. The summed E-state index contributed by atoms with van der Waals surface area (Å²) in [6, 6.07) is 4.69. The van der Waals surface area contributed by atoms with Gasteiger partial charge in [0.25, 0.3) is 0 Å². The maximum atomic E-state index is 6.11. The maximum Gasteiger partial charge on any atom is 0.0783 e. The highest BCUT2D eigenvalue weighted by molar-refractivity contribution is 7.99. The average molecular weight is 298 g/mol. The van der Waals surface area contributed by atoms with Crippen LogP contribution < -0.4 is 11.3 Å². The van der Waals surface area contributed by atoms with Crippen LogP contribution in [0.2, 0.25) is 0 Å². The van der Waals surface area contributed by atoms with Crippen molar-refractivity contribution < 1.29 is 4.74 Å². The van der Waals surface area contributed by atoms with E-state index in [1.54, 1.807) is 0 Å². The third kappa shape index (κ3) is 2.85. The van der Waals surface area contributed by atoms with Crippen molar-refractivity contribution in [3.8, 4) is 0 Å². The second-order valence-corrected chi connectivity index (χ2v) is 8.10. The molecule has 1 spiro atoms. The molecule has 0 radical (unpaired) electrons. The fourth-order valence-corrected chi connectivity index (χ4v) is 5.69. The van der Waals surface area contributed by atoms with Gasteiger partial charge in [-0.05, 0) is 50.0 Å². The van der Waals surface area contributed by atoms with E-state index in [1.165, 1.54) is 21.9 Å². The van der Waals surface area contributed by atoms with Gasteiger partial charge in [0, 0.05) is 22.1 Å². The van der Waals surface area contributed by atoms with E-state index in [-0.39, 0.29) is 11.6 Å². The lowest BCUT2D eigenvalue weighted by atomic mass is 9.81. The summed E-state index contributed by atoms with van der Waals surface area (Å²) in [5.74, 6) is 8.83. The van der Waals surface area contributed by atoms with E-state index in [9.17, 15) is 0 Å². The number of nitrogens with one attached hydrogen (secondary N) is 1. The third-order valence-electron chi connectivity index (χ3n) is 4.32. The topological polar surface area (TPSA) is 47.3 Å². The lowest BCUT2D eigenvalue weighted by molar-refractivity contribution is -0.0852. The van der Waals surface area contributed by atoms with Crippen LogP contribution in [-0.4, -0.2) is 23.7 Å². The van der Waals surface area contributed by atoms with E-state index in [4.69, 9.17) is 10.6 Å². The van der Waals surface area contributed by atoms with Crippen molar-refractivity contribution in [2.45, 2.75) is 37.8 Å². The minimum absolute atomic E-state index is 0.134. The molecule has 2 aliphatic heterocycles. The molecule has 0 bridgehead atoms. The molecule has 3 unspecified atom stereocenters. The SMILES string of the molecule is Cc1ccc(C(NN)C2CCOC3(CCSC3)C2)s1. The number of aryl methyl sites for hydroxylation is 1. The Morgan fingerprint density at radius 1 is 1.53 bits per heavy atom. The van der Waals surface area contributed by atoms with E-state index in [1.807, 2.05) is 23.1 Å². The van der Waals surface area contributed by atoms with Crippen molar-refractivity contribution in [1.29, 1.82) is 0 Å². The number of hydrogen-bond donors (Lipinski definition) is 2. The molecule has 1 aromatic heterocycles. The molecule has 2 fully saturated rings. The lowest BCUT2D eigenvalue weighted by Gasteiger charge is -2.40. The standard InChI is InChI=1S/C14H22N2OS2/c1-10-2-3-12(19-10)13(16-15)11-4-6-17-14(8-11)5-7-18-9-14/h2-3,11,13,16H,4-9,15H2,1H3. The molecule has 0 aromatic carbocycles. The number of thioether (sulfide) groups is 1. The second-order valence-electron chi connectivity index (χ2n) is 5.68. The van der Waals surface area contributed by atoms with Crippen molar-refractivity contribution in [2.24, 2.45) is 11.8 Å². The second kappa shape index (κ2) is 5.74. The summed E-state index contributed by atoms with van der Waals surface area (Å²) in [5, 5.41) is 0. The summed E-state index contributed by atoms with van der Waals surface area (Å²) in [7, 11) is 0. The molecule has 0 saturated carbocycles. The molecule has 3 atom stereocenters. The van der Waals surface area contributed by atoms with Gasteiger partial charge in [-0.2, -0.15) is 11.8 Å². The highest BCUT2D eigenvalue weighted by Crippen LogP contribution is 2.44. The third-order valence-corrected chi connectivity index (χ3v) is 6.62. The van der Waals surface area contributed by atoms with Gasteiger partial charge >= 0.3 is 0 Å². The van der Waals surface area contributed by atoms with Gasteiger partial charge in [-0.3, -0.25) is 11.3 Å². The summed E-state index contributed by atoms with van der Waals surface area (Å²) < 4.78 is 6.11. The number of hydrogen-bond acceptors (Lipinski definition) is 5. The summed E-state index contributed by atoms with van der Waals surface area (Å²) in [6.07, 6.45) is 3.46. The summed E-state index contributed by atoms with van der Waals surface area (Å²) in [6.45, 7) is 3.04. The van der Waals surface area contributed by atoms with E-state index < -0.39 is 0 Å². The zero-order chi connectivity index (χ0) is 13.3. The lowest BCUT2D eigenvalue weighted by Crippen LogP contribution is -2.44. The molecule has 2 saturated heterocycles. The van der Waals surface area contributed by atoms with E-state index in [2.05, 4.69) is 24.5 Å². The quantitative estimate of drug-likeness (QED) is 0.665. The van der Waals surface area contributed by atoms with E-state index >= 15 is 0 Å². The molecular formula is C14H22N2OS2. The first kappa shape index (κ1) is 13.9. The molecule has 1 aromatic rings. The van der Waals surface area contributed by atoms with Crippen molar-refractivity contribution in [3.05, 3.63) is 21.9 Å². The molecule has 106 valence electrons. The average Bonchev–Trinajstić information content (AvgIpc) is 3.01. The van der Waals surface area contributed by atoms with Crippen LogP contribution in [0, 0.1) is 12.8 Å². The van der Waals surface area contributed by atoms with Gasteiger partial charge in [0.05, 0.1) is 11.6 Å². The van der Waals surface area contributed by atoms with Crippen molar-refractivity contribution in [3.63, 3.8) is 0 Å². The Labute approximate surface area is 123 Å². The molecule has 2 aliphatic rings. The van der Waals surface area contributed by atoms with Crippen LogP contribution in [0.4, 0.5) is 0 Å². The maximum absolute atomic E-state index is 6.11. The van der Waals surface area contributed by atoms with Crippen molar-refractivity contribution in [2.75, 3.05) is 18.1 Å². The van der Waals surface area contributed by atoms with Crippen molar-refractivity contribution >= 4 is 23.1 Å². The van der Waals surface area contributed by atoms with Gasteiger partial charge in [-0.1, -0.05) is 0 Å². The molecule has 3 heterocycles. The van der Waals surface area contributed by atoms with Crippen LogP contribution in [0.1, 0.15) is 35.1 Å². The minimum atomic E-state index is 0.134. The first-order chi connectivity index (χ1) is 9.22. The number of rotatable bonds is 3. The Morgan fingerprint density at radius 3 is 3.05 bits per heavy atom. The summed E-state index contributed by atoms with van der Waals surface area (Å²) in [5.41, 5.74) is 3.19. The first-order valence-electron chi connectivity index (χ1n) is 6.97. The Bertz CT molecular complexity index is 429. The molecular weight excluding hydrogens is 276 g/mol. The Balaban J connectivity index is 1.76. The van der Waals surface area contributed by atoms with Gasteiger partial charge in [0.1, 0.15) is 0 Å². The van der Waals surface area contributed by atoms with Gasteiger partial charge in [-0.15, -0.1) is 11.3 Å². The predicted octanol–water partition coefficient (Wildman–Crippen LogP) is 2.86. The van der Waals surface area contributed by atoms with Crippen LogP contribution in [0.25, 0.3) is 0 Å². The van der Waals surface area contributed by atoms with Gasteiger partial charge in [0.15, 0.2) is 0 Å². The van der Waals surface area contributed by atoms with Gasteiger partial charge < -0.3 is 4.74 Å². The number of hydrazine groups is 1. The molecule has 5 heteroatoms. The molecule has 3 nitrogen and oxygen atoms in total. The van der Waals surface area contributed by atoms with Crippen LogP contribution in [0.5, 0.6) is 0 Å². The fraction of sp³-hybridized carbons (Fsp3) is 0.714. The van der Waals surface area contributed by atoms with Crippen LogP contribution >= 0.6 is 23.1 Å². The van der Waals surface area contributed by atoms with Gasteiger partial charge in [0.2, 0.25) is 0 Å². The molecule has 19 heavy (non-hydrogen) atoms. The predicted molar refractivity (Wildman–Crippen MR) is 82.5 cm³/mol. The molecule has 0 amide bonds. The highest BCUT2D eigenvalue weighted by atomic mass is 32.2. The molecule has 3 N–H and O–H groups in total. The monoisotopic (exact) mass is 298 g/mol. The highest BCUT2D eigenvalue weighted by Gasteiger charge is 2.42. The van der Waals surface area contributed by atoms with E-state index in [0.29, 0.717) is 5.92 Å². The van der Waals surface area contributed by atoms with Gasteiger partial charge in [-0.25, -0.2) is 0 Å². The van der Waals surface area contributed by atoms with E-state index in [0.717, 1.165) is 25.2 Å². The fourth-order valence-electron chi connectivity index (χ4n) is 3.28. The van der Waals surface area contributed by atoms with Crippen LogP contribution in [0.3, 0.4) is 0 Å². The molecule has 3 rings (SSSR count). The number of thiophene rings is 1. The zero-order valence-electron chi connectivity index (χ0n) is 11.4. The Hall–Kier alpha value is -0.0700. The Morgan fingerprint density at radius 2 is 2.42 bits per heavy atom. The number of ether oxygens (including phenoxy) is 1. The summed E-state index contributed by atoms with van der Waals surface area (Å²) >= 11 is 3.88. The normalized spacial score (nSPS) is 32.8.